The van der Waals surface area contributed by atoms with Crippen LogP contribution in [0.4, 0.5) is 11.4 Å². The van der Waals surface area contributed by atoms with E-state index in [1.54, 1.807) is 36.4 Å². The lowest BCUT2D eigenvalue weighted by atomic mass is 10.1. The van der Waals surface area contributed by atoms with Gasteiger partial charge in [-0.15, -0.1) is 0 Å². The van der Waals surface area contributed by atoms with Gasteiger partial charge in [-0.25, -0.2) is 8.42 Å². The summed E-state index contributed by atoms with van der Waals surface area (Å²) in [7, 11) is -2.30. The molecule has 0 atom stereocenters. The third kappa shape index (κ3) is 7.10. The molecule has 38 heavy (non-hydrogen) atoms. The molecule has 0 unspecified atom stereocenters. The van der Waals surface area contributed by atoms with Crippen molar-refractivity contribution in [3.63, 3.8) is 0 Å². The Kier molecular flexibility index (Phi) is 8.27. The highest BCUT2D eigenvalue weighted by Gasteiger charge is 2.15. The lowest BCUT2D eigenvalue weighted by Crippen LogP contribution is -2.20. The first-order valence-corrected chi connectivity index (χ1v) is 13.3. The molecule has 0 saturated carbocycles. The Morgan fingerprint density at radius 1 is 0.974 bits per heavy atom. The lowest BCUT2D eigenvalue weighted by molar-refractivity contribution is -0.118. The lowest BCUT2D eigenvalue weighted by Gasteiger charge is -2.11. The molecule has 0 spiro atoms. The molecule has 0 radical (unpaired) electrons. The van der Waals surface area contributed by atoms with E-state index in [9.17, 15) is 13.2 Å². The number of ether oxygens (including phenoxy) is 2. The van der Waals surface area contributed by atoms with Crippen molar-refractivity contribution in [2.24, 2.45) is 0 Å². The number of sulfonamides is 1. The Balaban J connectivity index is 1.27. The highest BCUT2D eigenvalue weighted by atomic mass is 32.2. The van der Waals surface area contributed by atoms with Gasteiger partial charge in [-0.05, 0) is 54.1 Å². The highest BCUT2D eigenvalue weighted by molar-refractivity contribution is 7.92. The Morgan fingerprint density at radius 2 is 1.71 bits per heavy atom. The first kappa shape index (κ1) is 26.7. The van der Waals surface area contributed by atoms with E-state index in [4.69, 9.17) is 14.0 Å². The van der Waals surface area contributed by atoms with Crippen LogP contribution in [-0.4, -0.2) is 38.2 Å². The van der Waals surface area contributed by atoms with Crippen LogP contribution in [0.5, 0.6) is 11.5 Å². The van der Waals surface area contributed by atoms with E-state index in [0.29, 0.717) is 41.0 Å². The summed E-state index contributed by atoms with van der Waals surface area (Å²) in [6, 6.07) is 19.7. The smallest absolute Gasteiger partial charge is 0.262 e. The number of amides is 1. The predicted octanol–water partition coefficient (Wildman–Crippen LogP) is 4.61. The molecule has 1 amide bonds. The van der Waals surface area contributed by atoms with Crippen molar-refractivity contribution >= 4 is 27.3 Å². The Hall–Kier alpha value is -4.38. The summed E-state index contributed by atoms with van der Waals surface area (Å²) in [5.41, 5.74) is 1.97. The van der Waals surface area contributed by atoms with Crippen molar-refractivity contribution in [3.8, 4) is 11.5 Å². The van der Waals surface area contributed by atoms with Crippen molar-refractivity contribution in [2.45, 2.75) is 31.1 Å². The van der Waals surface area contributed by atoms with E-state index in [1.165, 1.54) is 31.4 Å². The topological polar surface area (TPSA) is 133 Å². The van der Waals surface area contributed by atoms with Crippen molar-refractivity contribution in [2.75, 3.05) is 23.8 Å². The zero-order valence-electron chi connectivity index (χ0n) is 21.2. The van der Waals surface area contributed by atoms with Crippen LogP contribution in [0.25, 0.3) is 0 Å². The Bertz CT molecular complexity index is 1480. The van der Waals surface area contributed by atoms with Crippen LogP contribution in [0.3, 0.4) is 0 Å². The van der Waals surface area contributed by atoms with Gasteiger partial charge in [0.05, 0.1) is 17.7 Å². The van der Waals surface area contributed by atoms with Gasteiger partial charge in [0, 0.05) is 24.1 Å². The molecule has 4 rings (SSSR count). The standard InChI is InChI=1S/C27H28N4O6S/c1-18(2)27-29-25(30-37-27)15-19-7-9-20(10-8-19)28-26(32)17-36-22-11-13-24(14-12-22)38(33,34)31-21-5-4-6-23(16-21)35-3/h4-14,16,18,31H,15,17H2,1-3H3,(H,28,32). The molecular formula is C27H28N4O6S. The summed E-state index contributed by atoms with van der Waals surface area (Å²) in [5, 5.41) is 6.75. The molecule has 10 nitrogen and oxygen atoms in total. The van der Waals surface area contributed by atoms with Gasteiger partial charge in [-0.2, -0.15) is 4.98 Å². The van der Waals surface area contributed by atoms with Gasteiger partial charge >= 0.3 is 0 Å². The highest BCUT2D eigenvalue weighted by Crippen LogP contribution is 2.22. The maximum absolute atomic E-state index is 12.7. The third-order valence-electron chi connectivity index (χ3n) is 5.40. The largest absolute Gasteiger partial charge is 0.497 e. The number of rotatable bonds is 11. The second kappa shape index (κ2) is 11.8. The van der Waals surface area contributed by atoms with Crippen LogP contribution in [0, 0.1) is 0 Å². The molecule has 0 bridgehead atoms. The minimum atomic E-state index is -3.81. The van der Waals surface area contributed by atoms with Gasteiger partial charge in [-0.3, -0.25) is 9.52 Å². The number of nitrogens with zero attached hydrogens (tertiary/aromatic N) is 2. The zero-order chi connectivity index (χ0) is 27.1. The van der Waals surface area contributed by atoms with Crippen LogP contribution < -0.4 is 19.5 Å². The Morgan fingerprint density at radius 3 is 2.37 bits per heavy atom. The fourth-order valence-corrected chi connectivity index (χ4v) is 4.47. The van der Waals surface area contributed by atoms with E-state index < -0.39 is 10.0 Å². The molecule has 0 aliphatic heterocycles. The zero-order valence-corrected chi connectivity index (χ0v) is 22.0. The average molecular weight is 537 g/mol. The van der Waals surface area contributed by atoms with Gasteiger partial charge < -0.3 is 19.3 Å². The molecule has 1 aromatic heterocycles. The minimum Gasteiger partial charge on any atom is -0.497 e. The monoisotopic (exact) mass is 536 g/mol. The second-order valence-electron chi connectivity index (χ2n) is 8.72. The first-order chi connectivity index (χ1) is 18.2. The number of carbonyl (C=O) groups is 1. The molecule has 3 aromatic carbocycles. The quantitative estimate of drug-likeness (QED) is 0.284. The van der Waals surface area contributed by atoms with E-state index in [0.717, 1.165) is 5.56 Å². The number of aromatic nitrogens is 2. The van der Waals surface area contributed by atoms with E-state index in [1.807, 2.05) is 26.0 Å². The third-order valence-corrected chi connectivity index (χ3v) is 6.80. The van der Waals surface area contributed by atoms with Gasteiger partial charge in [0.2, 0.25) is 5.89 Å². The number of methoxy groups -OCH3 is 1. The molecule has 1 heterocycles. The number of carbonyl (C=O) groups excluding carboxylic acids is 1. The fraction of sp³-hybridized carbons (Fsp3) is 0.222. The summed E-state index contributed by atoms with van der Waals surface area (Å²) in [6.45, 7) is 3.73. The molecule has 0 aliphatic carbocycles. The SMILES string of the molecule is COc1cccc(NS(=O)(=O)c2ccc(OCC(=O)Nc3ccc(Cc4noc(C(C)C)n4)cc3)cc2)c1. The van der Waals surface area contributed by atoms with Crippen molar-refractivity contribution in [1.82, 2.24) is 10.1 Å². The molecular weight excluding hydrogens is 508 g/mol. The molecule has 0 saturated heterocycles. The predicted molar refractivity (Wildman–Crippen MR) is 142 cm³/mol. The van der Waals surface area contributed by atoms with Gasteiger partial charge in [0.1, 0.15) is 11.5 Å². The summed E-state index contributed by atoms with van der Waals surface area (Å²) >= 11 is 0. The maximum atomic E-state index is 12.7. The number of nitrogens with one attached hydrogen (secondary N) is 2. The van der Waals surface area contributed by atoms with Crippen LogP contribution in [-0.2, 0) is 21.2 Å². The summed E-state index contributed by atoms with van der Waals surface area (Å²) in [5.74, 6) is 1.92. The normalized spacial score (nSPS) is 11.3. The average Bonchev–Trinajstić information content (AvgIpc) is 3.38. The number of benzene rings is 3. The van der Waals surface area contributed by atoms with Crippen LogP contribution in [0.15, 0.2) is 82.2 Å². The van der Waals surface area contributed by atoms with Crippen molar-refractivity contribution < 1.29 is 27.2 Å². The van der Waals surface area contributed by atoms with Crippen LogP contribution >= 0.6 is 0 Å². The van der Waals surface area contributed by atoms with Crippen molar-refractivity contribution in [3.05, 3.63) is 90.1 Å². The van der Waals surface area contributed by atoms with Gasteiger partial charge in [0.15, 0.2) is 12.4 Å². The molecule has 198 valence electrons. The summed E-state index contributed by atoms with van der Waals surface area (Å²) < 4.78 is 43.7. The minimum absolute atomic E-state index is 0.0541. The number of hydrogen-bond donors (Lipinski definition) is 2. The van der Waals surface area contributed by atoms with Crippen molar-refractivity contribution in [1.29, 1.82) is 0 Å². The summed E-state index contributed by atoms with van der Waals surface area (Å²) in [6.07, 6.45) is 0.522. The van der Waals surface area contributed by atoms with E-state index in [-0.39, 0.29) is 23.3 Å². The molecule has 11 heteroatoms. The van der Waals surface area contributed by atoms with E-state index in [2.05, 4.69) is 20.2 Å². The molecule has 0 fully saturated rings. The summed E-state index contributed by atoms with van der Waals surface area (Å²) in [4.78, 5) is 16.7. The van der Waals surface area contributed by atoms with E-state index >= 15 is 0 Å². The maximum Gasteiger partial charge on any atom is 0.262 e. The number of hydrogen-bond acceptors (Lipinski definition) is 8. The molecule has 0 aliphatic rings. The number of anilines is 2. The Labute approximate surface area is 221 Å². The van der Waals surface area contributed by atoms with Crippen LogP contribution in [0.2, 0.25) is 0 Å². The fourth-order valence-electron chi connectivity index (χ4n) is 3.42. The van der Waals surface area contributed by atoms with Gasteiger partial charge in [-0.1, -0.05) is 37.2 Å². The van der Waals surface area contributed by atoms with Crippen LogP contribution in [0.1, 0.15) is 37.0 Å². The second-order valence-corrected chi connectivity index (χ2v) is 10.4. The first-order valence-electron chi connectivity index (χ1n) is 11.8. The van der Waals surface area contributed by atoms with Gasteiger partial charge in [0.25, 0.3) is 15.9 Å². The molecule has 4 aromatic rings. The molecule has 2 N–H and O–H groups in total.